The number of fused-ring (bicyclic) bond motifs is 1. The highest BCUT2D eigenvalue weighted by Crippen LogP contribution is 2.04. The molecule has 5 nitrogen and oxygen atoms in total. The van der Waals surface area contributed by atoms with Crippen molar-refractivity contribution in [3.05, 3.63) is 53.1 Å². The number of nitrogens with zero attached hydrogens (tertiary/aromatic N) is 2. The van der Waals surface area contributed by atoms with Crippen molar-refractivity contribution >= 4 is 11.0 Å². The molecular formula is C12H11N3O2. The number of hydrogen-bond acceptors (Lipinski definition) is 3. The Kier molecular flexibility index (Phi) is 2.29. The number of H-pyrrole nitrogens is 1. The van der Waals surface area contributed by atoms with Crippen LogP contribution in [0.15, 0.2) is 46.2 Å². The summed E-state index contributed by atoms with van der Waals surface area (Å²) in [5.41, 5.74) is 0.604. The van der Waals surface area contributed by atoms with Crippen LogP contribution in [0.4, 0.5) is 0 Å². The van der Waals surface area contributed by atoms with Crippen LogP contribution in [-0.4, -0.2) is 14.5 Å². The molecule has 3 aromatic rings. The molecule has 86 valence electrons. The van der Waals surface area contributed by atoms with Crippen molar-refractivity contribution in [1.29, 1.82) is 0 Å². The van der Waals surface area contributed by atoms with Crippen molar-refractivity contribution in [2.45, 2.75) is 13.0 Å². The number of aromatic amines is 1. The first-order valence-corrected chi connectivity index (χ1v) is 5.39. The molecule has 3 rings (SSSR count). The van der Waals surface area contributed by atoms with Gasteiger partial charge in [0.2, 0.25) is 0 Å². The van der Waals surface area contributed by atoms with Gasteiger partial charge in [-0.1, -0.05) is 0 Å². The Hall–Kier alpha value is -2.30. The molecule has 0 aromatic carbocycles. The summed E-state index contributed by atoms with van der Waals surface area (Å²) in [6, 6.07) is 5.48. The van der Waals surface area contributed by atoms with E-state index in [1.54, 1.807) is 29.4 Å². The summed E-state index contributed by atoms with van der Waals surface area (Å²) in [6.07, 6.45) is 5.59. The predicted molar refractivity (Wildman–Crippen MR) is 62.8 cm³/mol. The van der Waals surface area contributed by atoms with Crippen LogP contribution in [0, 0.1) is 0 Å². The molecule has 3 aromatic heterocycles. The van der Waals surface area contributed by atoms with Gasteiger partial charge in [0.1, 0.15) is 11.4 Å². The third-order valence-corrected chi connectivity index (χ3v) is 2.72. The fraction of sp³-hybridized carbons (Fsp3) is 0.167. The molecule has 0 radical (unpaired) electrons. The molecule has 3 heterocycles. The van der Waals surface area contributed by atoms with E-state index in [0.717, 1.165) is 5.76 Å². The van der Waals surface area contributed by atoms with Crippen molar-refractivity contribution in [2.24, 2.45) is 0 Å². The van der Waals surface area contributed by atoms with E-state index >= 15 is 0 Å². The Morgan fingerprint density at radius 1 is 1.41 bits per heavy atom. The van der Waals surface area contributed by atoms with Crippen LogP contribution < -0.4 is 5.56 Å². The topological polar surface area (TPSA) is 63.8 Å². The van der Waals surface area contributed by atoms with Gasteiger partial charge < -0.3 is 9.40 Å². The summed E-state index contributed by atoms with van der Waals surface area (Å²) in [5, 5.41) is 0.618. The van der Waals surface area contributed by atoms with Crippen molar-refractivity contribution in [2.75, 3.05) is 0 Å². The lowest BCUT2D eigenvalue weighted by molar-refractivity contribution is 0.488. The SMILES string of the molecule is O=c1c2cc[nH]c2ncn1CCc1ccco1. The van der Waals surface area contributed by atoms with Crippen molar-refractivity contribution in [3.8, 4) is 0 Å². The average Bonchev–Trinajstić information content (AvgIpc) is 2.99. The fourth-order valence-corrected chi connectivity index (χ4v) is 1.82. The molecule has 0 saturated heterocycles. The van der Waals surface area contributed by atoms with Gasteiger partial charge in [-0.25, -0.2) is 4.98 Å². The van der Waals surface area contributed by atoms with Crippen LogP contribution in [0.2, 0.25) is 0 Å². The lowest BCUT2D eigenvalue weighted by atomic mass is 10.3. The maximum atomic E-state index is 12.0. The largest absolute Gasteiger partial charge is 0.469 e. The summed E-state index contributed by atoms with van der Waals surface area (Å²) in [7, 11) is 0. The third-order valence-electron chi connectivity index (χ3n) is 2.72. The molecule has 5 heteroatoms. The molecule has 0 amide bonds. The van der Waals surface area contributed by atoms with Crippen LogP contribution in [0.3, 0.4) is 0 Å². The summed E-state index contributed by atoms with van der Waals surface area (Å²) < 4.78 is 6.82. The van der Waals surface area contributed by atoms with E-state index < -0.39 is 0 Å². The maximum absolute atomic E-state index is 12.0. The monoisotopic (exact) mass is 229 g/mol. The number of rotatable bonds is 3. The van der Waals surface area contributed by atoms with Gasteiger partial charge in [0.25, 0.3) is 5.56 Å². The predicted octanol–water partition coefficient (Wildman–Crippen LogP) is 1.56. The lowest BCUT2D eigenvalue weighted by Crippen LogP contribution is -2.21. The van der Waals surface area contributed by atoms with E-state index in [1.807, 2.05) is 12.1 Å². The number of hydrogen-bond donors (Lipinski definition) is 1. The molecule has 0 unspecified atom stereocenters. The molecule has 0 bridgehead atoms. The van der Waals surface area contributed by atoms with Crippen molar-refractivity contribution < 1.29 is 4.42 Å². The van der Waals surface area contributed by atoms with E-state index in [0.29, 0.717) is 24.0 Å². The van der Waals surface area contributed by atoms with E-state index in [4.69, 9.17) is 4.42 Å². The Balaban J connectivity index is 1.90. The average molecular weight is 229 g/mol. The van der Waals surface area contributed by atoms with Crippen LogP contribution in [0.25, 0.3) is 11.0 Å². The molecule has 0 atom stereocenters. The van der Waals surface area contributed by atoms with Gasteiger partial charge in [0.05, 0.1) is 18.0 Å². The molecule has 0 fully saturated rings. The normalized spacial score (nSPS) is 11.1. The standard InChI is InChI=1S/C12H11N3O2/c16-12-10-3-5-13-11(10)14-8-15(12)6-4-9-2-1-7-17-9/h1-3,5,7-8,13H,4,6H2. The molecule has 1 N–H and O–H groups in total. The second-order valence-corrected chi connectivity index (χ2v) is 3.81. The Bertz CT molecular complexity index is 679. The molecule has 0 aliphatic rings. The Morgan fingerprint density at radius 2 is 2.35 bits per heavy atom. The number of aromatic nitrogens is 3. The molecule has 0 spiro atoms. The van der Waals surface area contributed by atoms with Crippen molar-refractivity contribution in [1.82, 2.24) is 14.5 Å². The molecule has 17 heavy (non-hydrogen) atoms. The number of aryl methyl sites for hydroxylation is 2. The first-order chi connectivity index (χ1) is 8.34. The van der Waals surface area contributed by atoms with Gasteiger partial charge >= 0.3 is 0 Å². The zero-order valence-electron chi connectivity index (χ0n) is 9.09. The first kappa shape index (κ1) is 9.89. The van der Waals surface area contributed by atoms with Crippen LogP contribution in [-0.2, 0) is 13.0 Å². The highest BCUT2D eigenvalue weighted by atomic mass is 16.3. The van der Waals surface area contributed by atoms with Gasteiger partial charge in [-0.3, -0.25) is 9.36 Å². The quantitative estimate of drug-likeness (QED) is 0.741. The summed E-state index contributed by atoms with van der Waals surface area (Å²) >= 11 is 0. The molecule has 0 saturated carbocycles. The van der Waals surface area contributed by atoms with Crippen molar-refractivity contribution in [3.63, 3.8) is 0 Å². The summed E-state index contributed by atoms with van der Waals surface area (Å²) in [6.45, 7) is 0.570. The maximum Gasteiger partial charge on any atom is 0.262 e. The van der Waals surface area contributed by atoms with Gasteiger partial charge in [0.15, 0.2) is 0 Å². The first-order valence-electron chi connectivity index (χ1n) is 5.39. The van der Waals surface area contributed by atoms with Gasteiger partial charge in [-0.2, -0.15) is 0 Å². The van der Waals surface area contributed by atoms with Crippen LogP contribution in [0.5, 0.6) is 0 Å². The minimum absolute atomic E-state index is 0.0252. The smallest absolute Gasteiger partial charge is 0.262 e. The molecule has 0 aliphatic heterocycles. The second-order valence-electron chi connectivity index (χ2n) is 3.81. The highest BCUT2D eigenvalue weighted by Gasteiger charge is 2.05. The minimum Gasteiger partial charge on any atom is -0.469 e. The zero-order valence-corrected chi connectivity index (χ0v) is 9.09. The zero-order chi connectivity index (χ0) is 11.7. The van der Waals surface area contributed by atoms with E-state index in [2.05, 4.69) is 9.97 Å². The Labute approximate surface area is 96.7 Å². The van der Waals surface area contributed by atoms with E-state index in [1.165, 1.54) is 0 Å². The van der Waals surface area contributed by atoms with E-state index in [9.17, 15) is 4.79 Å². The summed E-state index contributed by atoms with van der Waals surface area (Å²) in [5.74, 6) is 0.867. The number of furan rings is 1. The van der Waals surface area contributed by atoms with Gasteiger partial charge in [-0.15, -0.1) is 0 Å². The molecular weight excluding hydrogens is 218 g/mol. The van der Waals surface area contributed by atoms with Gasteiger partial charge in [-0.05, 0) is 18.2 Å². The lowest BCUT2D eigenvalue weighted by Gasteiger charge is -2.03. The van der Waals surface area contributed by atoms with Gasteiger partial charge in [0, 0.05) is 19.2 Å². The third kappa shape index (κ3) is 1.75. The van der Waals surface area contributed by atoms with E-state index in [-0.39, 0.29) is 5.56 Å². The summed E-state index contributed by atoms with van der Waals surface area (Å²) in [4.78, 5) is 19.1. The highest BCUT2D eigenvalue weighted by molar-refractivity contribution is 5.73. The number of nitrogens with one attached hydrogen (secondary N) is 1. The fourth-order valence-electron chi connectivity index (χ4n) is 1.82. The van der Waals surface area contributed by atoms with Crippen LogP contribution >= 0.6 is 0 Å². The minimum atomic E-state index is -0.0252. The van der Waals surface area contributed by atoms with Crippen LogP contribution in [0.1, 0.15) is 5.76 Å². The second kappa shape index (κ2) is 3.93. The molecule has 0 aliphatic carbocycles. The Morgan fingerprint density at radius 3 is 3.18 bits per heavy atom.